The predicted molar refractivity (Wildman–Crippen MR) is 52.4 cm³/mol. The van der Waals surface area contributed by atoms with Gasteiger partial charge in [0.2, 0.25) is 5.65 Å². The fraction of sp³-hybridized carbons (Fsp3) is 0.429. The van der Waals surface area contributed by atoms with Crippen LogP contribution >= 0.6 is 0 Å². The number of nitrogens with two attached hydrogens (primary N) is 1. The van der Waals surface area contributed by atoms with Crippen LogP contribution in [-0.4, -0.2) is 31.1 Å². The first-order valence-corrected chi connectivity index (χ1v) is 3.84. The van der Waals surface area contributed by atoms with Crippen LogP contribution in [0.4, 0.5) is 0 Å². The first kappa shape index (κ1) is 11.1. The second kappa shape index (κ2) is 4.05. The Morgan fingerprint density at radius 3 is 3.00 bits per heavy atom. The van der Waals surface area contributed by atoms with Crippen molar-refractivity contribution >= 4 is 5.65 Å². The van der Waals surface area contributed by atoms with Crippen LogP contribution in [0.25, 0.3) is 5.65 Å². The van der Waals surface area contributed by atoms with Crippen LogP contribution in [0.2, 0.25) is 0 Å². The fourth-order valence-corrected chi connectivity index (χ4v) is 1.04. The molecule has 15 heavy (non-hydrogen) atoms. The van der Waals surface area contributed by atoms with Gasteiger partial charge in [0, 0.05) is 7.05 Å². The summed E-state index contributed by atoms with van der Waals surface area (Å²) in [6.45, 7) is -0.0242. The van der Waals surface area contributed by atoms with Crippen molar-refractivity contribution in [1.29, 1.82) is 0 Å². The second-order valence-corrected chi connectivity index (χ2v) is 2.55. The molecule has 0 radical (unpaired) electrons. The molecular weight excluding hydrogens is 200 g/mol. The Labute approximate surface area is 85.3 Å². The smallest absolute Gasteiger partial charge is 0.352 e. The summed E-state index contributed by atoms with van der Waals surface area (Å²) < 4.78 is 7.28. The molecule has 8 heteroatoms. The van der Waals surface area contributed by atoms with Crippen molar-refractivity contribution in [3.05, 3.63) is 16.8 Å². The van der Waals surface area contributed by atoms with E-state index in [4.69, 9.17) is 10.5 Å². The van der Waals surface area contributed by atoms with E-state index in [1.54, 1.807) is 0 Å². The Balaban J connectivity index is 0.00000112. The molecule has 0 saturated heterocycles. The third-order valence-electron chi connectivity index (χ3n) is 1.69. The molecule has 0 atom stereocenters. The second-order valence-electron chi connectivity index (χ2n) is 2.55. The molecule has 8 nitrogen and oxygen atoms in total. The van der Waals surface area contributed by atoms with Crippen molar-refractivity contribution in [2.24, 2.45) is 12.8 Å². The maximum Gasteiger partial charge on any atom is 0.352 e. The molecule has 0 fully saturated rings. The highest BCUT2D eigenvalue weighted by molar-refractivity contribution is 5.47. The van der Waals surface area contributed by atoms with Crippen molar-refractivity contribution in [1.82, 2.24) is 24.4 Å². The summed E-state index contributed by atoms with van der Waals surface area (Å²) >= 11 is 0. The van der Waals surface area contributed by atoms with Crippen molar-refractivity contribution < 1.29 is 4.74 Å². The Kier molecular flexibility index (Phi) is 3.00. The summed E-state index contributed by atoms with van der Waals surface area (Å²) in [5.74, 6) is 0.206. The quantitative estimate of drug-likeness (QED) is 0.624. The molecule has 2 rings (SSSR count). The van der Waals surface area contributed by atoms with Crippen molar-refractivity contribution in [3.8, 4) is 5.88 Å². The van der Waals surface area contributed by atoms with E-state index in [-0.39, 0.29) is 31.4 Å². The van der Waals surface area contributed by atoms with Gasteiger partial charge >= 0.3 is 5.69 Å². The van der Waals surface area contributed by atoms with Crippen LogP contribution in [0.1, 0.15) is 7.43 Å². The molecule has 2 aromatic rings. The summed E-state index contributed by atoms with van der Waals surface area (Å²) in [7, 11) is 1.50. The van der Waals surface area contributed by atoms with Crippen LogP contribution in [0.5, 0.6) is 5.88 Å². The number of aromatic nitrogens is 5. The first-order chi connectivity index (χ1) is 6.74. The molecule has 0 spiro atoms. The van der Waals surface area contributed by atoms with Gasteiger partial charge in [0.1, 0.15) is 13.1 Å². The molecule has 2 aromatic heterocycles. The van der Waals surface area contributed by atoms with Gasteiger partial charge in [-0.25, -0.2) is 9.20 Å². The zero-order valence-corrected chi connectivity index (χ0v) is 7.41. The van der Waals surface area contributed by atoms with Gasteiger partial charge in [-0.05, 0) is 0 Å². The topological polar surface area (TPSA) is 100 Å². The van der Waals surface area contributed by atoms with Crippen LogP contribution < -0.4 is 16.2 Å². The lowest BCUT2D eigenvalue weighted by molar-refractivity contribution is 0.321. The molecule has 0 aliphatic heterocycles. The highest BCUT2D eigenvalue weighted by Gasteiger charge is 2.09. The van der Waals surface area contributed by atoms with Gasteiger partial charge in [-0.2, -0.15) is 9.67 Å². The summed E-state index contributed by atoms with van der Waals surface area (Å²) in [4.78, 5) is 15.3. The van der Waals surface area contributed by atoms with Crippen LogP contribution in [-0.2, 0) is 7.05 Å². The fourth-order valence-electron chi connectivity index (χ4n) is 1.04. The molecule has 0 aromatic carbocycles. The highest BCUT2D eigenvalue weighted by atomic mass is 16.5. The largest absolute Gasteiger partial charge is 0.459 e. The Hall–Kier alpha value is -1.96. The molecule has 2 N–H and O–H groups in total. The number of fused-ring (bicyclic) bond motifs is 1. The van der Waals surface area contributed by atoms with E-state index in [2.05, 4.69) is 15.3 Å². The first-order valence-electron chi connectivity index (χ1n) is 3.84. The van der Waals surface area contributed by atoms with Gasteiger partial charge in [-0.15, -0.1) is 5.10 Å². The predicted octanol–water partition coefficient (Wildman–Crippen LogP) is -1.25. The van der Waals surface area contributed by atoms with E-state index in [1.165, 1.54) is 17.8 Å². The number of hydrogen-bond donors (Lipinski definition) is 1. The number of nitrogens with zero attached hydrogens (tertiary/aromatic N) is 5. The van der Waals surface area contributed by atoms with Gasteiger partial charge in [-0.3, -0.25) is 5.73 Å². The van der Waals surface area contributed by atoms with Crippen LogP contribution in [0, 0.1) is 0 Å². The van der Waals surface area contributed by atoms with Gasteiger partial charge in [-0.1, -0.05) is 12.6 Å². The Bertz CT molecular complexity index is 516. The molecule has 0 amide bonds. The lowest BCUT2D eigenvalue weighted by Crippen LogP contribution is -2.27. The number of hydrogen-bond acceptors (Lipinski definition) is 6. The molecule has 0 saturated carbocycles. The van der Waals surface area contributed by atoms with E-state index in [0.29, 0.717) is 0 Å². The lowest BCUT2D eigenvalue weighted by Gasteiger charge is -1.98. The van der Waals surface area contributed by atoms with E-state index in [0.717, 1.165) is 4.68 Å². The standard InChI is InChI=1S/C6H8N6O2.CH4/c1-11-6(13)12-3-8-5(14-2-7)4(12)9-10-11;/h3H,2,7H2,1H3;1H4. The zero-order valence-electron chi connectivity index (χ0n) is 7.41. The van der Waals surface area contributed by atoms with Crippen molar-refractivity contribution in [2.75, 3.05) is 6.73 Å². The third kappa shape index (κ3) is 1.66. The summed E-state index contributed by atoms with van der Waals surface area (Å²) in [5, 5.41) is 7.35. The average molecular weight is 212 g/mol. The van der Waals surface area contributed by atoms with Crippen LogP contribution in [0.3, 0.4) is 0 Å². The molecule has 0 aliphatic rings. The van der Waals surface area contributed by atoms with Gasteiger partial charge in [0.05, 0.1) is 0 Å². The van der Waals surface area contributed by atoms with Gasteiger partial charge < -0.3 is 4.74 Å². The normalized spacial score (nSPS) is 10.0. The number of rotatable bonds is 2. The average Bonchev–Trinajstić information content (AvgIpc) is 2.57. The molecule has 0 aliphatic carbocycles. The number of aryl methyl sites for hydroxylation is 1. The minimum absolute atomic E-state index is 0. The molecule has 2 heterocycles. The highest BCUT2D eigenvalue weighted by Crippen LogP contribution is 2.10. The number of ether oxygens (including phenoxy) is 1. The Morgan fingerprint density at radius 2 is 2.33 bits per heavy atom. The van der Waals surface area contributed by atoms with E-state index < -0.39 is 0 Å². The minimum atomic E-state index is -0.339. The zero-order chi connectivity index (χ0) is 10.1. The molecule has 0 bridgehead atoms. The SMILES string of the molecule is C.Cn1nnc2c(OCN)ncn2c1=O. The summed E-state index contributed by atoms with van der Waals surface area (Å²) in [6, 6.07) is 0. The van der Waals surface area contributed by atoms with E-state index in [1.807, 2.05) is 0 Å². The molecular formula is C7H12N6O2. The molecule has 0 unspecified atom stereocenters. The van der Waals surface area contributed by atoms with Gasteiger partial charge in [0.15, 0.2) is 0 Å². The van der Waals surface area contributed by atoms with E-state index >= 15 is 0 Å². The van der Waals surface area contributed by atoms with Crippen molar-refractivity contribution in [3.63, 3.8) is 0 Å². The van der Waals surface area contributed by atoms with E-state index in [9.17, 15) is 4.79 Å². The molecule has 82 valence electrons. The van der Waals surface area contributed by atoms with Crippen molar-refractivity contribution in [2.45, 2.75) is 7.43 Å². The lowest BCUT2D eigenvalue weighted by atomic mass is 10.7. The minimum Gasteiger partial charge on any atom is -0.459 e. The maximum atomic E-state index is 11.4. The summed E-state index contributed by atoms with van der Waals surface area (Å²) in [5.41, 5.74) is 5.10. The third-order valence-corrected chi connectivity index (χ3v) is 1.69. The Morgan fingerprint density at radius 1 is 1.60 bits per heavy atom. The summed E-state index contributed by atoms with van der Waals surface area (Å²) in [6.07, 6.45) is 1.32. The number of imidazole rings is 1. The maximum absolute atomic E-state index is 11.4. The van der Waals surface area contributed by atoms with Gasteiger partial charge in [0.25, 0.3) is 5.88 Å². The van der Waals surface area contributed by atoms with Crippen LogP contribution in [0.15, 0.2) is 11.1 Å². The monoisotopic (exact) mass is 212 g/mol.